The number of aromatic nitrogens is 2. The van der Waals surface area contributed by atoms with Crippen LogP contribution in [0.3, 0.4) is 0 Å². The number of piperidine rings is 2. The summed E-state index contributed by atoms with van der Waals surface area (Å²) >= 11 is 6.16. The lowest BCUT2D eigenvalue weighted by Gasteiger charge is -2.39. The SMILES string of the molecule is Cc1cc(C(=O)N(C)C)cc(NC(=O)[C@H]2CCC(=O)N2C2CCN(Cc3ccc(Cl)c(C)c3)CC2)n1.Cc1cc(C(=O)N(C)C)cc(NC(=O)[C@H]2CCC(=O)N2C2CCNCC2)n1.[2HH].[2H][2H]. The third kappa shape index (κ3) is 11.8. The smallest absolute Gasteiger partial charge is 0.253 e. The van der Waals surface area contributed by atoms with E-state index in [1.165, 1.54) is 15.4 Å². The Hall–Kier alpha value is -5.45. The first-order valence-electron chi connectivity index (χ1n) is 22.8. The van der Waals surface area contributed by atoms with Crippen molar-refractivity contribution in [2.75, 3.05) is 65.0 Å². The minimum atomic E-state index is -0.525. The molecular weight excluding hydrogens is 824 g/mol. The Balaban J connectivity index is 0.000000284. The first-order chi connectivity index (χ1) is 31.0. The second kappa shape index (κ2) is 20.8. The maximum atomic E-state index is 13.2. The molecule has 1 aromatic carbocycles. The molecule has 0 aliphatic carbocycles. The van der Waals surface area contributed by atoms with Gasteiger partial charge in [0, 0.05) is 105 Å². The minimum absolute atomic E-state index is 0. The molecule has 0 unspecified atom stereocenters. The molecule has 0 radical (unpaired) electrons. The van der Waals surface area contributed by atoms with Gasteiger partial charge in [0.2, 0.25) is 23.6 Å². The number of nitrogens with one attached hydrogen (secondary N) is 3. The lowest BCUT2D eigenvalue weighted by atomic mass is 10.0. The molecule has 63 heavy (non-hydrogen) atoms. The number of pyridine rings is 2. The summed E-state index contributed by atoms with van der Waals surface area (Å²) in [4.78, 5) is 93.5. The number of benzene rings is 1. The van der Waals surface area contributed by atoms with Crippen molar-refractivity contribution >= 4 is 58.7 Å². The number of halogens is 1. The average molecular weight is 893 g/mol. The molecule has 0 spiro atoms. The fourth-order valence-electron chi connectivity index (χ4n) is 8.99. The van der Waals surface area contributed by atoms with E-state index >= 15 is 0 Å². The number of likely N-dealkylation sites (tertiary alicyclic amines) is 3. The van der Waals surface area contributed by atoms with Crippen LogP contribution in [0.5, 0.6) is 0 Å². The zero-order chi connectivity index (χ0) is 47.5. The van der Waals surface area contributed by atoms with Crippen LogP contribution in [0.4, 0.5) is 11.6 Å². The number of hydrogen-bond donors (Lipinski definition) is 3. The Morgan fingerprint density at radius 3 is 1.62 bits per heavy atom. The van der Waals surface area contributed by atoms with E-state index < -0.39 is 12.1 Å². The fraction of sp³-hybridized carbons (Fsp3) is 0.522. The summed E-state index contributed by atoms with van der Waals surface area (Å²) in [7, 11) is 6.72. The number of nitrogens with zero attached hydrogens (tertiary/aromatic N) is 7. The molecule has 17 heteroatoms. The normalized spacial score (nSPS) is 19.8. The van der Waals surface area contributed by atoms with Crippen LogP contribution in [0.2, 0.25) is 5.02 Å². The van der Waals surface area contributed by atoms with Crippen molar-refractivity contribution in [1.29, 1.82) is 0 Å². The maximum Gasteiger partial charge on any atom is 0.253 e. The van der Waals surface area contributed by atoms with Crippen LogP contribution in [0.25, 0.3) is 0 Å². The van der Waals surface area contributed by atoms with E-state index in [2.05, 4.69) is 43.0 Å². The van der Waals surface area contributed by atoms with Gasteiger partial charge in [-0.25, -0.2) is 9.97 Å². The number of anilines is 2. The average Bonchev–Trinajstić information content (AvgIpc) is 3.87. The van der Waals surface area contributed by atoms with Gasteiger partial charge in [0.15, 0.2) is 0 Å². The topological polar surface area (TPSA) is 180 Å². The van der Waals surface area contributed by atoms with Crippen molar-refractivity contribution in [1.82, 2.24) is 39.8 Å². The summed E-state index contributed by atoms with van der Waals surface area (Å²) in [6, 6.07) is 11.8. The third-order valence-electron chi connectivity index (χ3n) is 12.1. The van der Waals surface area contributed by atoms with Crippen molar-refractivity contribution in [3.63, 3.8) is 0 Å². The van der Waals surface area contributed by atoms with Crippen molar-refractivity contribution in [2.45, 2.75) is 103 Å². The molecule has 2 atom stereocenters. The quantitative estimate of drug-likeness (QED) is 0.253. The minimum Gasteiger partial charge on any atom is -0.345 e. The predicted molar refractivity (Wildman–Crippen MR) is 246 cm³/mol. The highest BCUT2D eigenvalue weighted by atomic mass is 35.5. The van der Waals surface area contributed by atoms with Gasteiger partial charge in [0.05, 0.1) is 0 Å². The third-order valence-corrected chi connectivity index (χ3v) is 12.5. The molecule has 0 saturated carbocycles. The van der Waals surface area contributed by atoms with Crippen molar-refractivity contribution in [3.05, 3.63) is 81.1 Å². The molecule has 3 N–H and O–H groups in total. The first-order valence-corrected chi connectivity index (χ1v) is 22.2. The lowest BCUT2D eigenvalue weighted by Crippen LogP contribution is -2.51. The highest BCUT2D eigenvalue weighted by Gasteiger charge is 2.42. The number of amides is 6. The molecule has 4 aliphatic rings. The second-order valence-electron chi connectivity index (χ2n) is 17.4. The summed E-state index contributed by atoms with van der Waals surface area (Å²) in [6.07, 6.45) is 5.15. The zero-order valence-corrected chi connectivity index (χ0v) is 38.3. The van der Waals surface area contributed by atoms with Gasteiger partial charge in [0.1, 0.15) is 23.7 Å². The number of aryl methyl sites for hydroxylation is 3. The maximum absolute atomic E-state index is 13.2. The molecule has 2 aromatic heterocycles. The van der Waals surface area contributed by atoms with Crippen LogP contribution < -0.4 is 16.0 Å². The molecular formula is C46H65ClN10O6. The van der Waals surface area contributed by atoms with E-state index in [0.29, 0.717) is 59.8 Å². The fourth-order valence-corrected chi connectivity index (χ4v) is 9.10. The van der Waals surface area contributed by atoms with Gasteiger partial charge in [-0.1, -0.05) is 23.7 Å². The van der Waals surface area contributed by atoms with Gasteiger partial charge < -0.3 is 35.6 Å². The van der Waals surface area contributed by atoms with E-state index in [1.54, 1.807) is 76.1 Å². The van der Waals surface area contributed by atoms with Gasteiger partial charge in [-0.2, -0.15) is 0 Å². The van der Waals surface area contributed by atoms with E-state index in [1.807, 2.05) is 13.0 Å². The molecule has 342 valence electrons. The Morgan fingerprint density at radius 2 is 1.17 bits per heavy atom. The molecule has 0 bridgehead atoms. The van der Waals surface area contributed by atoms with Crippen LogP contribution in [0.1, 0.15) is 99.0 Å². The molecule has 16 nitrogen and oxygen atoms in total. The molecule has 4 aliphatic heterocycles. The van der Waals surface area contributed by atoms with Gasteiger partial charge in [-0.05, 0) is 114 Å². The van der Waals surface area contributed by atoms with Crippen LogP contribution in [0, 0.1) is 20.8 Å². The van der Waals surface area contributed by atoms with Crippen molar-refractivity contribution in [2.24, 2.45) is 0 Å². The van der Waals surface area contributed by atoms with Crippen molar-refractivity contribution in [3.8, 4) is 0 Å². The summed E-state index contributed by atoms with van der Waals surface area (Å²) in [5, 5.41) is 9.74. The number of hydrogen-bond acceptors (Lipinski definition) is 10. The molecule has 4 fully saturated rings. The Morgan fingerprint density at radius 1 is 0.714 bits per heavy atom. The summed E-state index contributed by atoms with van der Waals surface area (Å²) in [6.45, 7) is 9.86. The number of carbonyl (C=O) groups excluding carboxylic acids is 6. The van der Waals surface area contributed by atoms with Crippen molar-refractivity contribution < 1.29 is 33.2 Å². The second-order valence-corrected chi connectivity index (χ2v) is 17.8. The molecule has 3 aromatic rings. The Labute approximate surface area is 379 Å². The van der Waals surface area contributed by atoms with Gasteiger partial charge in [-0.15, -0.1) is 0 Å². The van der Waals surface area contributed by atoms with Crippen LogP contribution in [-0.2, 0) is 25.7 Å². The monoisotopic (exact) mass is 891 g/mol. The van der Waals surface area contributed by atoms with Gasteiger partial charge in [0.25, 0.3) is 11.8 Å². The Bertz CT molecular complexity index is 2220. The lowest BCUT2D eigenvalue weighted by molar-refractivity contribution is -0.136. The standard InChI is InChI=1S/C27H34ClN5O3.C19H27N5O3.2H2/c1-17-13-19(5-6-22(17)28)16-32-11-9-21(10-12-32)33-23(7-8-25(33)34)26(35)30-24-15-20(14-18(2)29-24)27(36)31(3)4;1-12-10-13(19(27)23(2)3)11-16(21-12)22-18(26)15-4-5-17(25)24(15)14-6-8-20-9-7-14;;/h5-6,13-15,21,23H,7-12,16H2,1-4H3,(H,29,30,35);10-11,14-15,20H,4-9H2,1-3H3,(H,21,22,26);2*1H/t23-;15-;;/m11../s1/i;;1+1D;1+1. The van der Waals surface area contributed by atoms with Gasteiger partial charge >= 0.3 is 0 Å². The molecule has 7 rings (SSSR count). The number of rotatable bonds is 10. The van der Waals surface area contributed by atoms with E-state index in [-0.39, 0.29) is 49.0 Å². The largest absolute Gasteiger partial charge is 0.345 e. The molecule has 4 saturated heterocycles. The summed E-state index contributed by atoms with van der Waals surface area (Å²) in [5.74, 6) is -0.0442. The highest BCUT2D eigenvalue weighted by Crippen LogP contribution is 2.30. The predicted octanol–water partition coefficient (Wildman–Crippen LogP) is 4.91. The van der Waals surface area contributed by atoms with Crippen LogP contribution >= 0.6 is 11.6 Å². The summed E-state index contributed by atoms with van der Waals surface area (Å²) < 4.78 is 10.0. The molecule has 6 amide bonds. The Kier molecular flexibility index (Phi) is 15.1. The van der Waals surface area contributed by atoms with Gasteiger partial charge in [-0.3, -0.25) is 33.7 Å². The highest BCUT2D eigenvalue weighted by molar-refractivity contribution is 6.31. The van der Waals surface area contributed by atoms with E-state index in [9.17, 15) is 28.8 Å². The van der Waals surface area contributed by atoms with E-state index in [4.69, 9.17) is 14.6 Å². The molecule has 6 heterocycles. The first kappa shape index (κ1) is 45.6. The summed E-state index contributed by atoms with van der Waals surface area (Å²) in [5.41, 5.74) is 4.52. The zero-order valence-electron chi connectivity index (χ0n) is 39.5. The van der Waals surface area contributed by atoms with Crippen LogP contribution in [0.15, 0.2) is 42.5 Å². The van der Waals surface area contributed by atoms with E-state index in [0.717, 1.165) is 69.0 Å². The van der Waals surface area contributed by atoms with Crippen LogP contribution in [-0.4, -0.2) is 148 Å². The number of carbonyl (C=O) groups is 6.